The molecule has 1 aromatic heterocycles. The van der Waals surface area contributed by atoms with Crippen molar-refractivity contribution < 1.29 is 14.3 Å². The summed E-state index contributed by atoms with van der Waals surface area (Å²) < 4.78 is 13.2. The molecule has 2 N–H and O–H groups in total. The van der Waals surface area contributed by atoms with E-state index in [4.69, 9.17) is 0 Å². The number of nitrogens with zero attached hydrogens (tertiary/aromatic N) is 2. The van der Waals surface area contributed by atoms with E-state index in [-0.39, 0.29) is 12.4 Å². The first kappa shape index (κ1) is 19.2. The van der Waals surface area contributed by atoms with E-state index < -0.39 is 11.7 Å². The molecule has 1 heterocycles. The van der Waals surface area contributed by atoms with Crippen LogP contribution in [0.4, 0.5) is 4.39 Å². The Morgan fingerprint density at radius 2 is 1.79 bits per heavy atom. The maximum Gasteiger partial charge on any atom is 0.286 e. The molecule has 0 spiro atoms. The van der Waals surface area contributed by atoms with E-state index in [0.29, 0.717) is 11.3 Å². The molecule has 142 valence electrons. The fourth-order valence-corrected chi connectivity index (χ4v) is 2.67. The van der Waals surface area contributed by atoms with Gasteiger partial charge in [-0.3, -0.25) is 4.79 Å². The molecule has 28 heavy (non-hydrogen) atoms. The number of rotatable bonds is 7. The van der Waals surface area contributed by atoms with Gasteiger partial charge < -0.3 is 10.4 Å². The normalized spacial score (nSPS) is 11.2. The van der Waals surface area contributed by atoms with Gasteiger partial charge in [0.2, 0.25) is 0 Å². The first-order valence-electron chi connectivity index (χ1n) is 8.88. The zero-order chi connectivity index (χ0) is 19.8. The molecule has 0 fully saturated rings. The largest absolute Gasteiger partial charge is 0.503 e. The van der Waals surface area contributed by atoms with Gasteiger partial charge in [0, 0.05) is 18.3 Å². The molecule has 0 unspecified atom stereocenters. The molecule has 3 rings (SSSR count). The van der Waals surface area contributed by atoms with Crippen LogP contribution in [0.2, 0.25) is 0 Å². The van der Waals surface area contributed by atoms with Crippen molar-refractivity contribution in [3.63, 3.8) is 0 Å². The second kappa shape index (κ2) is 9.41. The van der Waals surface area contributed by atoms with E-state index in [0.717, 1.165) is 18.5 Å². The number of amides is 1. The third-order valence-electron chi connectivity index (χ3n) is 4.12. The number of carbonyl (C=O) groups is 1. The summed E-state index contributed by atoms with van der Waals surface area (Å²) >= 11 is 0. The summed E-state index contributed by atoms with van der Waals surface area (Å²) in [6.07, 6.45) is 4.25. The van der Waals surface area contributed by atoms with Crippen molar-refractivity contribution in [2.24, 2.45) is 0 Å². The molecule has 3 aromatic rings. The van der Waals surface area contributed by atoms with Crippen LogP contribution in [0.5, 0.6) is 0 Å². The van der Waals surface area contributed by atoms with Crippen molar-refractivity contribution in [3.8, 4) is 0 Å². The number of benzene rings is 2. The first-order valence-corrected chi connectivity index (χ1v) is 8.88. The highest BCUT2D eigenvalue weighted by molar-refractivity contribution is 5.95. The predicted molar refractivity (Wildman–Crippen MR) is 105 cm³/mol. The maximum absolute atomic E-state index is 13.2. The quantitative estimate of drug-likeness (QED) is 0.487. The Morgan fingerprint density at radius 1 is 1.00 bits per heavy atom. The Bertz CT molecular complexity index is 974. The molecule has 0 atom stereocenters. The molecule has 0 saturated heterocycles. The lowest BCUT2D eigenvalue weighted by atomic mass is 10.1. The molecule has 0 bridgehead atoms. The van der Waals surface area contributed by atoms with Crippen LogP contribution in [0.25, 0.3) is 6.08 Å². The number of aliphatic hydroxyl groups excluding tert-OH is 1. The van der Waals surface area contributed by atoms with Crippen molar-refractivity contribution in [2.75, 3.05) is 0 Å². The fourth-order valence-electron chi connectivity index (χ4n) is 2.67. The Kier molecular flexibility index (Phi) is 6.46. The van der Waals surface area contributed by atoms with Crippen molar-refractivity contribution in [3.05, 3.63) is 101 Å². The van der Waals surface area contributed by atoms with Crippen LogP contribution < -0.4 is 5.32 Å². The number of carbonyl (C=O) groups excluding carboxylic acids is 1. The number of hydrogen-bond donors (Lipinski definition) is 2. The van der Waals surface area contributed by atoms with Gasteiger partial charge in [0.15, 0.2) is 5.76 Å². The van der Waals surface area contributed by atoms with Crippen molar-refractivity contribution >= 4 is 12.0 Å². The van der Waals surface area contributed by atoms with Crippen LogP contribution >= 0.6 is 0 Å². The molecular weight excluding hydrogens is 357 g/mol. The number of halogens is 1. The van der Waals surface area contributed by atoms with Crippen molar-refractivity contribution in [1.82, 2.24) is 15.3 Å². The first-order chi connectivity index (χ1) is 13.6. The van der Waals surface area contributed by atoms with E-state index in [9.17, 15) is 14.3 Å². The summed E-state index contributed by atoms with van der Waals surface area (Å²) in [5, 5.41) is 12.6. The van der Waals surface area contributed by atoms with Crippen molar-refractivity contribution in [2.45, 2.75) is 19.4 Å². The maximum atomic E-state index is 13.2. The molecule has 5 nitrogen and oxygen atoms in total. The Balaban J connectivity index is 1.59. The number of aryl methyl sites for hydroxylation is 2. The highest BCUT2D eigenvalue weighted by atomic mass is 19.1. The van der Waals surface area contributed by atoms with Gasteiger partial charge in [-0.2, -0.15) is 0 Å². The van der Waals surface area contributed by atoms with Gasteiger partial charge in [0.1, 0.15) is 12.1 Å². The minimum Gasteiger partial charge on any atom is -0.503 e. The van der Waals surface area contributed by atoms with Gasteiger partial charge in [0.05, 0.1) is 5.69 Å². The average Bonchev–Trinajstić information content (AvgIpc) is 2.71. The van der Waals surface area contributed by atoms with E-state index >= 15 is 0 Å². The van der Waals surface area contributed by atoms with Crippen LogP contribution in [0.3, 0.4) is 0 Å². The van der Waals surface area contributed by atoms with Gasteiger partial charge in [0.25, 0.3) is 5.91 Å². The zero-order valence-corrected chi connectivity index (χ0v) is 15.2. The van der Waals surface area contributed by atoms with E-state index in [1.807, 2.05) is 18.2 Å². The third-order valence-corrected chi connectivity index (χ3v) is 4.12. The van der Waals surface area contributed by atoms with Crippen LogP contribution in [0, 0.1) is 5.82 Å². The Morgan fingerprint density at radius 3 is 2.57 bits per heavy atom. The lowest BCUT2D eigenvalue weighted by Crippen LogP contribution is -2.24. The number of aromatic nitrogens is 2. The second-order valence-electron chi connectivity index (χ2n) is 6.26. The summed E-state index contributed by atoms with van der Waals surface area (Å²) in [6, 6.07) is 17.7. The highest BCUT2D eigenvalue weighted by Crippen LogP contribution is 2.09. The van der Waals surface area contributed by atoms with Crippen molar-refractivity contribution in [1.29, 1.82) is 0 Å². The summed E-state index contributed by atoms with van der Waals surface area (Å²) in [6.45, 7) is 0.112. The molecule has 1 amide bonds. The minimum atomic E-state index is -0.659. The average molecular weight is 377 g/mol. The van der Waals surface area contributed by atoms with E-state index in [2.05, 4.69) is 27.4 Å². The van der Waals surface area contributed by atoms with E-state index in [1.165, 1.54) is 30.1 Å². The number of nitrogens with one attached hydrogen (secondary N) is 1. The molecule has 0 aliphatic heterocycles. The van der Waals surface area contributed by atoms with Crippen LogP contribution in [0.15, 0.2) is 72.8 Å². The highest BCUT2D eigenvalue weighted by Gasteiger charge is 2.09. The zero-order valence-electron chi connectivity index (χ0n) is 15.2. The van der Waals surface area contributed by atoms with Crippen LogP contribution in [0.1, 0.15) is 22.5 Å². The Hall–Kier alpha value is -3.54. The standard InChI is InChI=1S/C22H20FN3O2/c23-18-8-4-7-17(11-18)14-24-22(28)21(27)13-20-12-19(25-15-26-20)10-9-16-5-2-1-3-6-16/h1-8,11-13,15,27H,9-10,14H2,(H,24,28)/b21-13-. The van der Waals surface area contributed by atoms with Crippen LogP contribution in [-0.2, 0) is 24.2 Å². The second-order valence-corrected chi connectivity index (χ2v) is 6.26. The monoisotopic (exact) mass is 377 g/mol. The third kappa shape index (κ3) is 5.74. The fraction of sp³-hybridized carbons (Fsp3) is 0.136. The van der Waals surface area contributed by atoms with Gasteiger partial charge in [-0.25, -0.2) is 14.4 Å². The molecule has 0 aliphatic carbocycles. The summed E-state index contributed by atoms with van der Waals surface area (Å²) in [7, 11) is 0. The van der Waals surface area contributed by atoms with Gasteiger partial charge in [-0.1, -0.05) is 42.5 Å². The van der Waals surface area contributed by atoms with Gasteiger partial charge >= 0.3 is 0 Å². The molecule has 0 radical (unpaired) electrons. The summed E-state index contributed by atoms with van der Waals surface area (Å²) in [5.74, 6) is -1.51. The smallest absolute Gasteiger partial charge is 0.286 e. The molecular formula is C22H20FN3O2. The molecule has 2 aromatic carbocycles. The van der Waals surface area contributed by atoms with Gasteiger partial charge in [-0.05, 0) is 42.2 Å². The SMILES string of the molecule is O=C(NCc1cccc(F)c1)/C(O)=C/c1cc(CCc2ccccc2)ncn1. The van der Waals surface area contributed by atoms with Gasteiger partial charge in [-0.15, -0.1) is 0 Å². The summed E-state index contributed by atoms with van der Waals surface area (Å²) in [4.78, 5) is 20.3. The van der Waals surface area contributed by atoms with Crippen LogP contribution in [-0.4, -0.2) is 21.0 Å². The molecule has 0 aliphatic rings. The number of hydrogen-bond acceptors (Lipinski definition) is 4. The lowest BCUT2D eigenvalue weighted by Gasteiger charge is -2.05. The molecule has 0 saturated carbocycles. The lowest BCUT2D eigenvalue weighted by molar-refractivity contribution is -0.119. The summed E-state index contributed by atoms with van der Waals surface area (Å²) in [5.41, 5.74) is 3.07. The minimum absolute atomic E-state index is 0.112. The predicted octanol–water partition coefficient (Wildman–Crippen LogP) is 3.62. The van der Waals surface area contributed by atoms with E-state index in [1.54, 1.807) is 18.2 Å². The number of aliphatic hydroxyl groups is 1. The Labute approximate surface area is 162 Å². The topological polar surface area (TPSA) is 75.1 Å². The molecule has 6 heteroatoms.